The van der Waals surface area contributed by atoms with Crippen LogP contribution in [-0.2, 0) is 7.05 Å². The topological polar surface area (TPSA) is 46.4 Å². The lowest BCUT2D eigenvalue weighted by Gasteiger charge is -2.17. The van der Waals surface area contributed by atoms with E-state index in [1.165, 1.54) is 16.7 Å². The zero-order valence-electron chi connectivity index (χ0n) is 16.1. The Balaban J connectivity index is 1.90. The van der Waals surface area contributed by atoms with Gasteiger partial charge in [-0.3, -0.25) is 9.79 Å². The van der Waals surface area contributed by atoms with Crippen molar-refractivity contribution in [2.45, 2.75) is 40.0 Å². The molecule has 2 heterocycles. The summed E-state index contributed by atoms with van der Waals surface area (Å²) in [7, 11) is 2.00. The van der Waals surface area contributed by atoms with Crippen molar-refractivity contribution in [3.63, 3.8) is 0 Å². The second-order valence-electron chi connectivity index (χ2n) is 7.49. The Labute approximate surface area is 163 Å². The second kappa shape index (κ2) is 7.39. The van der Waals surface area contributed by atoms with Crippen LogP contribution in [0, 0.1) is 0 Å². The minimum absolute atomic E-state index is 0.0422. The first kappa shape index (κ1) is 18.9. The van der Waals surface area contributed by atoms with Gasteiger partial charge in [0.15, 0.2) is 0 Å². The van der Waals surface area contributed by atoms with Crippen LogP contribution in [0.1, 0.15) is 56.0 Å². The van der Waals surface area contributed by atoms with Crippen LogP contribution in [0.2, 0.25) is 0 Å². The first-order valence-electron chi connectivity index (χ1n) is 9.02. The molecule has 3 rings (SSSR count). The van der Waals surface area contributed by atoms with Gasteiger partial charge in [0.1, 0.15) is 0 Å². The Hall–Kier alpha value is -1.88. The van der Waals surface area contributed by atoms with Crippen molar-refractivity contribution in [1.82, 2.24) is 9.88 Å². The number of nitrogens with zero attached hydrogens (tertiary/aromatic N) is 2. The highest BCUT2D eigenvalue weighted by atomic mass is 79.9. The van der Waals surface area contributed by atoms with Gasteiger partial charge in [-0.15, -0.1) is 0 Å². The van der Waals surface area contributed by atoms with Crippen LogP contribution in [0.25, 0.3) is 10.9 Å². The molecule has 1 aliphatic rings. The zero-order valence-corrected chi connectivity index (χ0v) is 17.7. The van der Waals surface area contributed by atoms with Crippen LogP contribution >= 0.6 is 15.9 Å². The Bertz CT molecular complexity index is 934. The molecular weight excluding hydrogens is 390 g/mol. The fourth-order valence-corrected chi connectivity index (χ4v) is 4.05. The Morgan fingerprint density at radius 3 is 2.73 bits per heavy atom. The van der Waals surface area contributed by atoms with Gasteiger partial charge < -0.3 is 9.88 Å². The highest BCUT2D eigenvalue weighted by molar-refractivity contribution is 9.10. The van der Waals surface area contributed by atoms with E-state index in [2.05, 4.69) is 70.8 Å². The molecule has 0 bridgehead atoms. The van der Waals surface area contributed by atoms with Crippen molar-refractivity contribution >= 4 is 38.5 Å². The molecule has 0 fully saturated rings. The number of dihydropyridines is 1. The summed E-state index contributed by atoms with van der Waals surface area (Å²) in [6, 6.07) is 4.01. The molecule has 26 heavy (non-hydrogen) atoms. The molecule has 0 unspecified atom stereocenters. The van der Waals surface area contributed by atoms with Gasteiger partial charge in [0.2, 0.25) is 0 Å². The molecule has 4 nitrogen and oxygen atoms in total. The Morgan fingerprint density at radius 2 is 2.08 bits per heavy atom. The molecular formula is C21H26BrN3O. The van der Waals surface area contributed by atoms with E-state index in [4.69, 9.17) is 0 Å². The number of aryl methyl sites for hydroxylation is 1. The Morgan fingerprint density at radius 1 is 1.35 bits per heavy atom. The maximum atomic E-state index is 13.0. The van der Waals surface area contributed by atoms with Gasteiger partial charge in [0.05, 0.1) is 17.6 Å². The lowest BCUT2D eigenvalue weighted by Crippen LogP contribution is -2.28. The third-order valence-corrected chi connectivity index (χ3v) is 5.52. The first-order chi connectivity index (χ1) is 12.3. The van der Waals surface area contributed by atoms with Crippen LogP contribution < -0.4 is 5.32 Å². The average molecular weight is 416 g/mol. The largest absolute Gasteiger partial charge is 0.350 e. The van der Waals surface area contributed by atoms with Crippen LogP contribution in [0.15, 0.2) is 38.9 Å². The minimum atomic E-state index is -0.0422. The molecule has 1 aliphatic heterocycles. The second-order valence-corrected chi connectivity index (χ2v) is 8.41. The van der Waals surface area contributed by atoms with E-state index >= 15 is 0 Å². The van der Waals surface area contributed by atoms with Crippen molar-refractivity contribution < 1.29 is 4.79 Å². The van der Waals surface area contributed by atoms with E-state index in [0.29, 0.717) is 24.6 Å². The fraction of sp³-hybridized carbons (Fsp3) is 0.429. The summed E-state index contributed by atoms with van der Waals surface area (Å²) in [6.45, 7) is 9.78. The van der Waals surface area contributed by atoms with E-state index in [-0.39, 0.29) is 5.91 Å². The van der Waals surface area contributed by atoms with E-state index in [0.717, 1.165) is 27.5 Å². The van der Waals surface area contributed by atoms with Crippen molar-refractivity contribution in [2.75, 3.05) is 13.1 Å². The van der Waals surface area contributed by atoms with Gasteiger partial charge >= 0.3 is 0 Å². The number of amides is 1. The number of nitrogens with one attached hydrogen (secondary N) is 1. The highest BCUT2D eigenvalue weighted by Crippen LogP contribution is 2.32. The van der Waals surface area contributed by atoms with Crippen LogP contribution in [-0.4, -0.2) is 29.3 Å². The maximum Gasteiger partial charge on any atom is 0.253 e. The summed E-state index contributed by atoms with van der Waals surface area (Å²) >= 11 is 3.57. The summed E-state index contributed by atoms with van der Waals surface area (Å²) in [5.74, 6) is 0.361. The third-order valence-electron chi connectivity index (χ3n) is 5.06. The van der Waals surface area contributed by atoms with Crippen LogP contribution in [0.3, 0.4) is 0 Å². The summed E-state index contributed by atoms with van der Waals surface area (Å²) in [5.41, 5.74) is 6.64. The molecule has 0 saturated heterocycles. The molecule has 1 amide bonds. The van der Waals surface area contributed by atoms with Gasteiger partial charge in [0.25, 0.3) is 5.91 Å². The summed E-state index contributed by atoms with van der Waals surface area (Å²) in [6.07, 6.45) is 3.03. The number of carbonyl (C=O) groups excluding carboxylic acids is 1. The third kappa shape index (κ3) is 3.63. The number of aromatic nitrogens is 1. The smallest absolute Gasteiger partial charge is 0.253 e. The van der Waals surface area contributed by atoms with Crippen molar-refractivity contribution in [3.05, 3.63) is 45.1 Å². The maximum absolute atomic E-state index is 13.0. The molecule has 0 atom stereocenters. The molecule has 0 spiro atoms. The first-order valence-corrected chi connectivity index (χ1v) is 9.81. The summed E-state index contributed by atoms with van der Waals surface area (Å²) in [4.78, 5) is 17.5. The van der Waals surface area contributed by atoms with Gasteiger partial charge in [-0.05, 0) is 43.0 Å². The number of carbonyl (C=O) groups is 1. The van der Waals surface area contributed by atoms with E-state index in [1.54, 1.807) is 0 Å². The molecule has 2 aromatic rings. The number of allylic oxidation sites excluding steroid dienone is 1. The molecule has 1 aromatic heterocycles. The zero-order chi connectivity index (χ0) is 19.0. The number of fused-ring (bicyclic) bond motifs is 1. The number of aliphatic imine (C=N–C) groups is 1. The molecule has 1 N–H and O–H groups in total. The van der Waals surface area contributed by atoms with E-state index < -0.39 is 0 Å². The predicted molar refractivity (Wildman–Crippen MR) is 112 cm³/mol. The fourth-order valence-electron chi connectivity index (χ4n) is 3.59. The van der Waals surface area contributed by atoms with E-state index in [9.17, 15) is 4.79 Å². The molecule has 5 heteroatoms. The van der Waals surface area contributed by atoms with Gasteiger partial charge in [-0.25, -0.2) is 0 Å². The lowest BCUT2D eigenvalue weighted by molar-refractivity contribution is 0.0958. The molecule has 0 radical (unpaired) electrons. The quantitative estimate of drug-likeness (QED) is 0.703. The monoisotopic (exact) mass is 415 g/mol. The van der Waals surface area contributed by atoms with Crippen LogP contribution in [0.4, 0.5) is 0 Å². The summed E-state index contributed by atoms with van der Waals surface area (Å²) in [5, 5.41) is 4.23. The summed E-state index contributed by atoms with van der Waals surface area (Å²) < 4.78 is 2.99. The van der Waals surface area contributed by atoms with Gasteiger partial charge in [-0.2, -0.15) is 0 Å². The SMILES string of the molecule is CC1=NCC(CNC(=O)c2cc(Br)cc3c(C(C)C)cn(C)c23)=C(C)C1. The molecule has 138 valence electrons. The lowest BCUT2D eigenvalue weighted by atomic mass is 10.00. The highest BCUT2D eigenvalue weighted by Gasteiger charge is 2.19. The van der Waals surface area contributed by atoms with Gasteiger partial charge in [-0.1, -0.05) is 35.4 Å². The van der Waals surface area contributed by atoms with Crippen molar-refractivity contribution in [1.29, 1.82) is 0 Å². The van der Waals surface area contributed by atoms with Gasteiger partial charge in [0, 0.05) is 41.8 Å². The predicted octanol–water partition coefficient (Wildman–Crippen LogP) is 4.98. The van der Waals surface area contributed by atoms with Crippen molar-refractivity contribution in [3.8, 4) is 0 Å². The molecule has 0 saturated carbocycles. The number of hydrogen-bond donors (Lipinski definition) is 1. The number of benzene rings is 1. The number of halogens is 1. The Kier molecular flexibility index (Phi) is 5.37. The normalized spacial score (nSPS) is 15.0. The van der Waals surface area contributed by atoms with Crippen LogP contribution in [0.5, 0.6) is 0 Å². The van der Waals surface area contributed by atoms with Crippen molar-refractivity contribution in [2.24, 2.45) is 12.0 Å². The number of rotatable bonds is 4. The molecule has 0 aliphatic carbocycles. The molecule has 1 aromatic carbocycles. The number of hydrogen-bond acceptors (Lipinski definition) is 2. The average Bonchev–Trinajstić information content (AvgIpc) is 2.90. The standard InChI is InChI=1S/C21H26BrN3O/c1-12(2)19-11-25(5)20-17(19)7-16(22)8-18(20)21(26)24-10-15-9-23-14(4)6-13(15)3/h7-8,11-12H,6,9-10H2,1-5H3,(H,24,26). The van der Waals surface area contributed by atoms with E-state index in [1.807, 2.05) is 13.1 Å². The minimum Gasteiger partial charge on any atom is -0.350 e.